The molecule has 0 radical (unpaired) electrons. The van der Waals surface area contributed by atoms with Crippen molar-refractivity contribution in [3.05, 3.63) is 23.3 Å². The number of likely N-dealkylation sites (tertiary alicyclic amines) is 1. The zero-order chi connectivity index (χ0) is 19.8. The van der Waals surface area contributed by atoms with Crippen molar-refractivity contribution >= 4 is 19.0 Å². The second-order valence-corrected chi connectivity index (χ2v) is 7.21. The van der Waals surface area contributed by atoms with E-state index in [1.165, 1.54) is 0 Å². The van der Waals surface area contributed by atoms with Crippen molar-refractivity contribution in [1.29, 1.82) is 0 Å². The van der Waals surface area contributed by atoms with Gasteiger partial charge in [-0.2, -0.15) is 0 Å². The number of benzene rings is 1. The maximum Gasteiger partial charge on any atom is 0.526 e. The molecular formula is C17H21BN2O8. The van der Waals surface area contributed by atoms with Crippen LogP contribution in [0.25, 0.3) is 0 Å². The fourth-order valence-corrected chi connectivity index (χ4v) is 3.71. The lowest BCUT2D eigenvalue weighted by Gasteiger charge is -2.38. The molecule has 2 heterocycles. The van der Waals surface area contributed by atoms with Crippen LogP contribution in [0.3, 0.4) is 0 Å². The molecule has 11 heteroatoms. The Morgan fingerprint density at radius 3 is 2.86 bits per heavy atom. The van der Waals surface area contributed by atoms with Crippen LogP contribution in [0.15, 0.2) is 12.1 Å². The van der Waals surface area contributed by atoms with Crippen LogP contribution in [0.4, 0.5) is 0 Å². The van der Waals surface area contributed by atoms with Crippen LogP contribution in [0.2, 0.25) is 5.82 Å². The molecule has 0 bridgehead atoms. The molecule has 2 atom stereocenters. The summed E-state index contributed by atoms with van der Waals surface area (Å²) in [5.41, 5.74) is 2.95. The van der Waals surface area contributed by atoms with Crippen molar-refractivity contribution in [3.63, 3.8) is 0 Å². The maximum atomic E-state index is 11.8. The van der Waals surface area contributed by atoms with Gasteiger partial charge in [0.1, 0.15) is 23.2 Å². The number of carbonyl (C=O) groups excluding carboxylic acids is 1. The van der Waals surface area contributed by atoms with E-state index in [9.17, 15) is 19.7 Å². The zero-order valence-electron chi connectivity index (χ0n) is 15.0. The van der Waals surface area contributed by atoms with Crippen LogP contribution in [0.1, 0.15) is 28.3 Å². The van der Waals surface area contributed by atoms with E-state index in [4.69, 9.17) is 19.3 Å². The van der Waals surface area contributed by atoms with E-state index >= 15 is 0 Å². The predicted molar refractivity (Wildman–Crippen MR) is 95.1 cm³/mol. The van der Waals surface area contributed by atoms with Gasteiger partial charge in [0.2, 0.25) is 0 Å². The monoisotopic (exact) mass is 392 g/mol. The van der Waals surface area contributed by atoms with E-state index in [0.717, 1.165) is 12.0 Å². The largest absolute Gasteiger partial charge is 0.535 e. The Labute approximate surface area is 161 Å². The summed E-state index contributed by atoms with van der Waals surface area (Å²) in [6, 6.07) is 3.44. The van der Waals surface area contributed by atoms with E-state index in [1.807, 2.05) is 4.90 Å². The number of carboxylic acid groups (broad SMARTS) is 1. The molecular weight excluding hydrogens is 371 g/mol. The molecule has 4 N–H and O–H groups in total. The molecule has 4 rings (SSSR count). The van der Waals surface area contributed by atoms with Crippen LogP contribution in [-0.4, -0.2) is 78.1 Å². The second kappa shape index (κ2) is 7.59. The fourth-order valence-electron chi connectivity index (χ4n) is 3.71. The van der Waals surface area contributed by atoms with E-state index in [0.29, 0.717) is 13.1 Å². The Hall–Kier alpha value is -2.34. The molecule has 0 unspecified atom stereocenters. The third kappa shape index (κ3) is 3.66. The number of aromatic carboxylic acids is 1. The van der Waals surface area contributed by atoms with Gasteiger partial charge in [0.15, 0.2) is 0 Å². The Morgan fingerprint density at radius 2 is 2.14 bits per heavy atom. The number of carboxylic acids is 1. The van der Waals surface area contributed by atoms with Crippen molar-refractivity contribution in [2.45, 2.75) is 24.3 Å². The summed E-state index contributed by atoms with van der Waals surface area (Å²) in [7, 11) is -0.989. The lowest BCUT2D eigenvalue weighted by Crippen LogP contribution is -2.56. The Bertz CT molecular complexity index is 785. The number of hydroxylamine groups is 1. The number of nitrogens with one attached hydrogen (secondary N) is 1. The Balaban J connectivity index is 1.37. The predicted octanol–water partition coefficient (Wildman–Crippen LogP) is -0.782. The van der Waals surface area contributed by atoms with Gasteiger partial charge >= 0.3 is 13.1 Å². The van der Waals surface area contributed by atoms with E-state index in [-0.39, 0.29) is 60.6 Å². The van der Waals surface area contributed by atoms with Gasteiger partial charge < -0.3 is 24.6 Å². The number of ether oxygens (including phenoxy) is 1. The van der Waals surface area contributed by atoms with Crippen LogP contribution in [-0.2, 0) is 9.63 Å². The summed E-state index contributed by atoms with van der Waals surface area (Å²) in [5.74, 6) is -0.959. The molecule has 3 aliphatic rings. The average Bonchev–Trinajstić information content (AvgIpc) is 3.41. The maximum absolute atomic E-state index is 11.8. The number of hydrogen-bond acceptors (Lipinski definition) is 8. The normalized spacial score (nSPS) is 23.1. The minimum absolute atomic E-state index is 0.0200. The third-order valence-electron chi connectivity index (χ3n) is 5.17. The third-order valence-corrected chi connectivity index (χ3v) is 5.17. The van der Waals surface area contributed by atoms with Gasteiger partial charge in [-0.1, -0.05) is 6.07 Å². The average molecular weight is 392 g/mol. The number of amides is 1. The number of rotatable bonds is 8. The van der Waals surface area contributed by atoms with Crippen molar-refractivity contribution < 1.29 is 39.1 Å². The van der Waals surface area contributed by atoms with Crippen molar-refractivity contribution in [2.24, 2.45) is 0 Å². The van der Waals surface area contributed by atoms with Crippen LogP contribution >= 0.6 is 0 Å². The van der Waals surface area contributed by atoms with Gasteiger partial charge in [-0.15, -0.1) is 0 Å². The molecule has 2 aliphatic heterocycles. The van der Waals surface area contributed by atoms with Gasteiger partial charge in [0, 0.05) is 18.9 Å². The van der Waals surface area contributed by atoms with E-state index < -0.39 is 13.1 Å². The highest BCUT2D eigenvalue weighted by Crippen LogP contribution is 2.60. The number of carbonyl (C=O) groups is 2. The molecule has 28 heavy (non-hydrogen) atoms. The molecule has 0 spiro atoms. The molecule has 1 aromatic carbocycles. The summed E-state index contributed by atoms with van der Waals surface area (Å²) in [6.45, 7) is 0.857. The molecule has 0 aromatic heterocycles. The smallest absolute Gasteiger partial charge is 0.526 e. The number of aliphatic hydroxyl groups excluding tert-OH is 1. The molecule has 1 saturated carbocycles. The quantitative estimate of drug-likeness (QED) is 0.255. The van der Waals surface area contributed by atoms with Gasteiger partial charge in [-0.25, -0.2) is 10.3 Å². The molecule has 1 saturated heterocycles. The first-order valence-corrected chi connectivity index (χ1v) is 9.13. The Morgan fingerprint density at radius 1 is 1.36 bits per heavy atom. The number of aliphatic hydroxyl groups is 1. The molecule has 2 fully saturated rings. The molecule has 10 nitrogen and oxygen atoms in total. The van der Waals surface area contributed by atoms with E-state index in [1.54, 1.807) is 12.1 Å². The van der Waals surface area contributed by atoms with Crippen LogP contribution in [0.5, 0.6) is 11.5 Å². The van der Waals surface area contributed by atoms with Gasteiger partial charge in [-0.05, 0) is 24.0 Å². The highest BCUT2D eigenvalue weighted by atomic mass is 16.7. The first-order valence-electron chi connectivity index (χ1n) is 9.13. The van der Waals surface area contributed by atoms with Gasteiger partial charge in [0.25, 0.3) is 5.91 Å². The number of nitrogens with zero attached hydrogens (tertiary/aromatic N) is 1. The summed E-state index contributed by atoms with van der Waals surface area (Å²) >= 11 is 0. The van der Waals surface area contributed by atoms with Crippen LogP contribution in [0, 0.1) is 0 Å². The number of hydrogen-bond donors (Lipinski definition) is 4. The molecule has 1 aromatic rings. The zero-order valence-corrected chi connectivity index (χ0v) is 15.0. The Kier molecular flexibility index (Phi) is 5.15. The highest BCUT2D eigenvalue weighted by molar-refractivity contribution is 6.48. The molecule has 1 amide bonds. The van der Waals surface area contributed by atoms with E-state index in [2.05, 4.69) is 5.48 Å². The standard InChI is InChI=1S/C17H21BN2O8/c21-3-4-26-19-14(22)8-20-6-9(7-20)27-13-2-1-10-11-5-12(11)18(25)28-16(10)15(13)17(23)24/h1-2,9,11-12,21,25H,3-8H2,(H,19,22)(H,23,24)/t11-,12-/m1/s1. The van der Waals surface area contributed by atoms with Crippen molar-refractivity contribution in [2.75, 3.05) is 32.8 Å². The SMILES string of the molecule is O=C(CN1CC(Oc2ccc3c(c2C(=O)O)OB(O)[C@@H]2C[C@H]32)C1)NOCCO. The number of fused-ring (bicyclic) bond motifs is 3. The minimum atomic E-state index is -1.17. The highest BCUT2D eigenvalue weighted by Gasteiger charge is 2.54. The van der Waals surface area contributed by atoms with Crippen LogP contribution < -0.4 is 14.9 Å². The topological polar surface area (TPSA) is 138 Å². The summed E-state index contributed by atoms with van der Waals surface area (Å²) in [5, 5.41) is 28.2. The molecule has 150 valence electrons. The fraction of sp³-hybridized carbons (Fsp3) is 0.529. The van der Waals surface area contributed by atoms with Crippen molar-refractivity contribution in [3.8, 4) is 11.5 Å². The first kappa shape index (κ1) is 19.0. The van der Waals surface area contributed by atoms with Gasteiger partial charge in [-0.3, -0.25) is 14.5 Å². The minimum Gasteiger partial charge on any atom is -0.535 e. The summed E-state index contributed by atoms with van der Waals surface area (Å²) in [4.78, 5) is 30.0. The van der Waals surface area contributed by atoms with Crippen molar-refractivity contribution in [1.82, 2.24) is 10.4 Å². The summed E-state index contributed by atoms with van der Waals surface area (Å²) < 4.78 is 11.3. The lowest BCUT2D eigenvalue weighted by atomic mass is 9.77. The molecule has 1 aliphatic carbocycles. The lowest BCUT2D eigenvalue weighted by molar-refractivity contribution is -0.137. The first-order chi connectivity index (χ1) is 13.5. The van der Waals surface area contributed by atoms with Gasteiger partial charge in [0.05, 0.1) is 19.8 Å². The second-order valence-electron chi connectivity index (χ2n) is 7.21. The summed E-state index contributed by atoms with van der Waals surface area (Å²) in [6.07, 6.45) is 0.527.